The van der Waals surface area contributed by atoms with Crippen molar-refractivity contribution in [3.8, 4) is 0 Å². The second kappa shape index (κ2) is 15.4. The summed E-state index contributed by atoms with van der Waals surface area (Å²) in [5.41, 5.74) is 2.45. The van der Waals surface area contributed by atoms with Gasteiger partial charge in [0.25, 0.3) is 0 Å². The SMILES string of the molecule is BrCc1cc(Br)sc1Br.CC1(C)OCC(CO)O1.CC1(C)OCC(COCc2cc(Br)sc2Br)O1. The van der Waals surface area contributed by atoms with Gasteiger partial charge >= 0.3 is 0 Å². The predicted octanol–water partition coefficient (Wildman–Crippen LogP) is 8.24. The van der Waals surface area contributed by atoms with Crippen LogP contribution >= 0.6 is 102 Å². The number of rotatable bonds is 6. The zero-order valence-electron chi connectivity index (χ0n) is 19.7. The topological polar surface area (TPSA) is 66.4 Å². The molecule has 0 aliphatic carbocycles. The minimum absolute atomic E-state index is 0.0332. The van der Waals surface area contributed by atoms with Gasteiger partial charge in [-0.3, -0.25) is 0 Å². The summed E-state index contributed by atoms with van der Waals surface area (Å²) in [6.07, 6.45) is -0.0918. The quantitative estimate of drug-likeness (QED) is 0.296. The van der Waals surface area contributed by atoms with E-state index < -0.39 is 11.6 Å². The average Bonchev–Trinajstić information content (AvgIpc) is 3.49. The molecule has 13 heteroatoms. The Labute approximate surface area is 257 Å². The predicted molar refractivity (Wildman–Crippen MR) is 159 cm³/mol. The molecule has 2 unspecified atom stereocenters. The lowest BCUT2D eigenvalue weighted by Crippen LogP contribution is -2.23. The molecule has 0 bridgehead atoms. The third-order valence-electron chi connectivity index (χ3n) is 4.50. The third kappa shape index (κ3) is 12.1. The summed E-state index contributed by atoms with van der Waals surface area (Å²) in [4.78, 5) is 0. The van der Waals surface area contributed by atoms with Gasteiger partial charge in [-0.1, -0.05) is 15.9 Å². The molecule has 0 spiro atoms. The second-order valence-electron chi connectivity index (χ2n) is 8.43. The molecule has 0 amide bonds. The van der Waals surface area contributed by atoms with E-state index in [1.807, 2.05) is 27.7 Å². The van der Waals surface area contributed by atoms with Gasteiger partial charge in [0.2, 0.25) is 0 Å². The molecule has 1 N–H and O–H groups in total. The first-order valence-corrected chi connectivity index (χ1v) is 16.5. The van der Waals surface area contributed by atoms with Crippen molar-refractivity contribution in [1.29, 1.82) is 0 Å². The van der Waals surface area contributed by atoms with E-state index in [1.165, 1.54) is 13.1 Å². The van der Waals surface area contributed by atoms with Gasteiger partial charge in [0.15, 0.2) is 11.6 Å². The maximum Gasteiger partial charge on any atom is 0.163 e. The van der Waals surface area contributed by atoms with Gasteiger partial charge in [-0.15, -0.1) is 22.7 Å². The summed E-state index contributed by atoms with van der Waals surface area (Å²) in [6, 6.07) is 4.16. The summed E-state index contributed by atoms with van der Waals surface area (Å²) >= 11 is 20.5. The number of hydrogen-bond donors (Lipinski definition) is 1. The number of ether oxygens (including phenoxy) is 5. The van der Waals surface area contributed by atoms with Crippen LogP contribution in [0.5, 0.6) is 0 Å². The number of alkyl halides is 1. The Hall–Kier alpha value is 1.56. The molecule has 35 heavy (non-hydrogen) atoms. The lowest BCUT2D eigenvalue weighted by Gasteiger charge is -2.17. The van der Waals surface area contributed by atoms with Crippen LogP contribution in [-0.4, -0.2) is 55.3 Å². The lowest BCUT2D eigenvalue weighted by molar-refractivity contribution is -0.145. The van der Waals surface area contributed by atoms with Gasteiger partial charge in [0.1, 0.15) is 12.2 Å². The number of aliphatic hydroxyl groups excluding tert-OH is 1. The van der Waals surface area contributed by atoms with Gasteiger partial charge in [-0.25, -0.2) is 0 Å². The van der Waals surface area contributed by atoms with Crippen LogP contribution in [0.2, 0.25) is 0 Å². The van der Waals surface area contributed by atoms with Crippen LogP contribution in [0.4, 0.5) is 0 Å². The van der Waals surface area contributed by atoms with Crippen molar-refractivity contribution >= 4 is 102 Å². The average molecular weight is 853 g/mol. The van der Waals surface area contributed by atoms with Crippen LogP contribution in [0.1, 0.15) is 38.8 Å². The van der Waals surface area contributed by atoms with Crippen LogP contribution in [0.15, 0.2) is 27.3 Å². The third-order valence-corrected chi connectivity index (χ3v) is 10.0. The van der Waals surface area contributed by atoms with Gasteiger partial charge in [0.05, 0.1) is 48.2 Å². The summed E-state index contributed by atoms with van der Waals surface area (Å²) in [5.74, 6) is -0.965. The highest BCUT2D eigenvalue weighted by Gasteiger charge is 2.33. The lowest BCUT2D eigenvalue weighted by atomic mass is 10.3. The normalized spacial score (nSPS) is 22.3. The zero-order chi connectivity index (χ0) is 26.2. The smallest absolute Gasteiger partial charge is 0.163 e. The van der Waals surface area contributed by atoms with Crippen LogP contribution in [-0.2, 0) is 35.6 Å². The van der Waals surface area contributed by atoms with E-state index in [0.29, 0.717) is 26.4 Å². The van der Waals surface area contributed by atoms with E-state index in [2.05, 4.69) is 91.8 Å². The monoisotopic (exact) mass is 848 g/mol. The molecule has 0 radical (unpaired) electrons. The first-order valence-electron chi connectivity index (χ1n) is 10.6. The van der Waals surface area contributed by atoms with Gasteiger partial charge in [-0.05, 0) is 109 Å². The van der Waals surface area contributed by atoms with Crippen LogP contribution in [0, 0.1) is 0 Å². The van der Waals surface area contributed by atoms with Gasteiger partial charge in [-0.2, -0.15) is 0 Å². The highest BCUT2D eigenvalue weighted by Crippen LogP contribution is 2.33. The van der Waals surface area contributed by atoms with Crippen molar-refractivity contribution in [1.82, 2.24) is 0 Å². The summed E-state index contributed by atoms with van der Waals surface area (Å²) in [5, 5.41) is 9.51. The molecule has 6 nitrogen and oxygen atoms in total. The highest BCUT2D eigenvalue weighted by atomic mass is 79.9. The standard InChI is InChI=1S/C11H14Br2O3S.C6H12O3.C5H3Br3S/c1-11(2)15-6-8(16-11)5-14-4-7-3-9(12)17-10(7)13;1-6(2)8-4-5(3-7)9-6;6-2-3-1-4(7)9-5(3)8/h3,8H,4-6H2,1-2H3;5,7H,3-4H2,1-2H3;1H,2H2. The van der Waals surface area contributed by atoms with E-state index in [0.717, 1.165) is 18.5 Å². The van der Waals surface area contributed by atoms with Crippen molar-refractivity contribution < 1.29 is 28.8 Å². The molecular formula is C22H29Br5O6S2. The van der Waals surface area contributed by atoms with Gasteiger partial charge < -0.3 is 28.8 Å². The van der Waals surface area contributed by atoms with Crippen LogP contribution in [0.25, 0.3) is 0 Å². The fraction of sp³-hybridized carbons (Fsp3) is 0.636. The van der Waals surface area contributed by atoms with Crippen LogP contribution in [0.3, 0.4) is 0 Å². The van der Waals surface area contributed by atoms with Crippen molar-refractivity contribution in [2.24, 2.45) is 0 Å². The molecule has 2 aromatic heterocycles. The molecule has 2 saturated heterocycles. The van der Waals surface area contributed by atoms with E-state index in [-0.39, 0.29) is 18.8 Å². The Morgan fingerprint density at radius 2 is 1.37 bits per heavy atom. The van der Waals surface area contributed by atoms with E-state index in [1.54, 1.807) is 22.7 Å². The Morgan fingerprint density at radius 3 is 1.69 bits per heavy atom. The minimum atomic E-state index is -0.493. The summed E-state index contributed by atoms with van der Waals surface area (Å²) in [6.45, 7) is 9.80. The fourth-order valence-electron chi connectivity index (χ4n) is 2.94. The molecule has 4 rings (SSSR count). The van der Waals surface area contributed by atoms with E-state index >= 15 is 0 Å². The fourth-order valence-corrected chi connectivity index (χ4v) is 9.55. The Morgan fingerprint density at radius 1 is 0.886 bits per heavy atom. The van der Waals surface area contributed by atoms with Crippen molar-refractivity contribution in [2.75, 3.05) is 26.4 Å². The highest BCUT2D eigenvalue weighted by molar-refractivity contribution is 9.12. The largest absolute Gasteiger partial charge is 0.394 e. The minimum Gasteiger partial charge on any atom is -0.394 e. The van der Waals surface area contributed by atoms with Crippen LogP contribution < -0.4 is 0 Å². The Bertz CT molecular complexity index is 920. The molecule has 2 aliphatic rings. The summed E-state index contributed by atoms with van der Waals surface area (Å²) < 4.78 is 31.7. The van der Waals surface area contributed by atoms with E-state index in [4.69, 9.17) is 28.8 Å². The molecule has 200 valence electrons. The first-order chi connectivity index (χ1) is 16.3. The Balaban J connectivity index is 0.000000203. The molecule has 2 fully saturated rings. The van der Waals surface area contributed by atoms with Crippen molar-refractivity contribution in [3.63, 3.8) is 0 Å². The molecule has 0 saturated carbocycles. The van der Waals surface area contributed by atoms with Crippen molar-refractivity contribution in [2.45, 2.75) is 63.4 Å². The number of thiophene rings is 2. The molecule has 2 aliphatic heterocycles. The maximum atomic E-state index is 8.59. The maximum absolute atomic E-state index is 8.59. The van der Waals surface area contributed by atoms with E-state index in [9.17, 15) is 0 Å². The van der Waals surface area contributed by atoms with Gasteiger partial charge in [0, 0.05) is 10.9 Å². The second-order valence-corrected chi connectivity index (χ2v) is 16.5. The molecule has 4 heterocycles. The Kier molecular flexibility index (Phi) is 14.4. The number of hydrogen-bond acceptors (Lipinski definition) is 8. The molecule has 2 atom stereocenters. The zero-order valence-corrected chi connectivity index (χ0v) is 29.3. The van der Waals surface area contributed by atoms with Crippen molar-refractivity contribution in [3.05, 3.63) is 38.4 Å². The molecule has 0 aromatic carbocycles. The molecule has 2 aromatic rings. The summed E-state index contributed by atoms with van der Waals surface area (Å²) in [7, 11) is 0. The number of halogens is 5. The molecular weight excluding hydrogens is 824 g/mol. The number of aliphatic hydroxyl groups is 1. The first kappa shape index (κ1) is 32.8.